The van der Waals surface area contributed by atoms with Gasteiger partial charge >= 0.3 is 6.09 Å². The molecule has 0 bridgehead atoms. The van der Waals surface area contributed by atoms with E-state index >= 15 is 0 Å². The molecule has 17 heavy (non-hydrogen) atoms. The van der Waals surface area contributed by atoms with Crippen LogP contribution in [0.1, 0.15) is 46.5 Å². The highest BCUT2D eigenvalue weighted by atomic mass is 19.3. The van der Waals surface area contributed by atoms with E-state index in [1.807, 2.05) is 0 Å². The summed E-state index contributed by atoms with van der Waals surface area (Å²) in [5.41, 5.74) is -0.598. The number of carbonyl (C=O) groups is 1. The van der Waals surface area contributed by atoms with Crippen molar-refractivity contribution in [2.45, 2.75) is 64.5 Å². The van der Waals surface area contributed by atoms with Gasteiger partial charge in [0.05, 0.1) is 0 Å². The standard InChI is InChI=1S/C12H21F2NO2/c1-12(2,3)17-11(16)15-9-7-5-4-6-8(9)10(13)14/h8-10H,4-7H2,1-3H3,(H,15,16)/t8-,9-/m0/s1. The number of halogens is 2. The number of alkyl carbamates (subject to hydrolysis) is 1. The summed E-state index contributed by atoms with van der Waals surface area (Å²) >= 11 is 0. The Morgan fingerprint density at radius 2 is 1.88 bits per heavy atom. The number of amides is 1. The second-order valence-electron chi connectivity index (χ2n) is 5.54. The summed E-state index contributed by atoms with van der Waals surface area (Å²) in [6.07, 6.45) is -0.220. The molecule has 0 aromatic heterocycles. The molecule has 3 nitrogen and oxygen atoms in total. The molecular formula is C12H21F2NO2. The summed E-state index contributed by atoms with van der Waals surface area (Å²) in [4.78, 5) is 11.5. The Labute approximate surface area is 101 Å². The van der Waals surface area contributed by atoms with Crippen molar-refractivity contribution in [1.29, 1.82) is 0 Å². The number of alkyl halides is 2. The quantitative estimate of drug-likeness (QED) is 0.815. The van der Waals surface area contributed by atoms with E-state index in [9.17, 15) is 13.6 Å². The molecule has 1 rings (SSSR count). The fourth-order valence-corrected chi connectivity index (χ4v) is 2.10. The molecule has 5 heteroatoms. The van der Waals surface area contributed by atoms with Gasteiger partial charge in [-0.05, 0) is 33.6 Å². The molecule has 0 spiro atoms. The van der Waals surface area contributed by atoms with E-state index in [0.29, 0.717) is 12.8 Å². The first-order chi connectivity index (χ1) is 7.79. The van der Waals surface area contributed by atoms with Gasteiger partial charge < -0.3 is 10.1 Å². The minimum atomic E-state index is -2.38. The van der Waals surface area contributed by atoms with E-state index in [0.717, 1.165) is 12.8 Å². The lowest BCUT2D eigenvalue weighted by Crippen LogP contribution is -2.46. The zero-order chi connectivity index (χ0) is 13.1. The minimum absolute atomic E-state index is 0.460. The lowest BCUT2D eigenvalue weighted by Gasteiger charge is -2.32. The van der Waals surface area contributed by atoms with E-state index < -0.39 is 30.1 Å². The normalized spacial score (nSPS) is 25.8. The molecule has 0 radical (unpaired) electrons. The van der Waals surface area contributed by atoms with Crippen LogP contribution < -0.4 is 5.32 Å². The lowest BCUT2D eigenvalue weighted by molar-refractivity contribution is 0.0209. The highest BCUT2D eigenvalue weighted by Gasteiger charge is 2.33. The van der Waals surface area contributed by atoms with Gasteiger partial charge in [-0.15, -0.1) is 0 Å². The number of rotatable bonds is 2. The van der Waals surface area contributed by atoms with Gasteiger partial charge in [0.1, 0.15) is 5.60 Å². The second kappa shape index (κ2) is 5.65. The number of hydrogen-bond acceptors (Lipinski definition) is 2. The number of carbonyl (C=O) groups excluding carboxylic acids is 1. The molecule has 1 aliphatic rings. The molecule has 1 N–H and O–H groups in total. The van der Waals surface area contributed by atoms with Crippen LogP contribution in [-0.4, -0.2) is 24.2 Å². The third-order valence-electron chi connectivity index (χ3n) is 2.85. The summed E-state index contributed by atoms with van der Waals surface area (Å²) in [7, 11) is 0. The fraction of sp³-hybridized carbons (Fsp3) is 0.917. The number of ether oxygens (including phenoxy) is 1. The van der Waals surface area contributed by atoms with Gasteiger partial charge in [0.2, 0.25) is 6.43 Å². The van der Waals surface area contributed by atoms with E-state index in [1.54, 1.807) is 20.8 Å². The molecule has 0 aromatic rings. The molecule has 2 atom stereocenters. The summed E-state index contributed by atoms with van der Waals surface area (Å²) in [5.74, 6) is -0.740. The van der Waals surface area contributed by atoms with E-state index in [-0.39, 0.29) is 0 Å². The van der Waals surface area contributed by atoms with Crippen molar-refractivity contribution in [3.05, 3.63) is 0 Å². The number of nitrogens with one attached hydrogen (secondary N) is 1. The first kappa shape index (κ1) is 14.2. The zero-order valence-electron chi connectivity index (χ0n) is 10.6. The van der Waals surface area contributed by atoms with E-state index in [2.05, 4.69) is 5.32 Å². The van der Waals surface area contributed by atoms with E-state index in [4.69, 9.17) is 4.74 Å². The maximum absolute atomic E-state index is 12.8. The summed E-state index contributed by atoms with van der Waals surface area (Å²) in [5, 5.41) is 2.57. The van der Waals surface area contributed by atoms with Crippen LogP contribution in [0.15, 0.2) is 0 Å². The Balaban J connectivity index is 2.50. The Bertz CT molecular complexity index is 264. The predicted molar refractivity (Wildman–Crippen MR) is 61.1 cm³/mol. The molecule has 0 aliphatic heterocycles. The van der Waals surface area contributed by atoms with Crippen LogP contribution in [0.5, 0.6) is 0 Å². The van der Waals surface area contributed by atoms with Crippen LogP contribution in [0.25, 0.3) is 0 Å². The molecule has 0 saturated heterocycles. The molecule has 1 aliphatic carbocycles. The second-order valence-corrected chi connectivity index (χ2v) is 5.54. The van der Waals surface area contributed by atoms with E-state index in [1.165, 1.54) is 0 Å². The van der Waals surface area contributed by atoms with Crippen molar-refractivity contribution < 1.29 is 18.3 Å². The molecule has 1 amide bonds. The van der Waals surface area contributed by atoms with Gasteiger partial charge in [-0.1, -0.05) is 12.8 Å². The van der Waals surface area contributed by atoms with Crippen molar-refractivity contribution in [3.8, 4) is 0 Å². The monoisotopic (exact) mass is 249 g/mol. The Morgan fingerprint density at radius 3 is 2.41 bits per heavy atom. The van der Waals surface area contributed by atoms with Crippen molar-refractivity contribution in [2.24, 2.45) is 5.92 Å². The van der Waals surface area contributed by atoms with Gasteiger partial charge in [0.15, 0.2) is 0 Å². The first-order valence-corrected chi connectivity index (χ1v) is 6.07. The third kappa shape index (κ3) is 4.88. The largest absolute Gasteiger partial charge is 0.444 e. The fourth-order valence-electron chi connectivity index (χ4n) is 2.10. The van der Waals surface area contributed by atoms with Crippen LogP contribution in [-0.2, 0) is 4.74 Å². The smallest absolute Gasteiger partial charge is 0.407 e. The van der Waals surface area contributed by atoms with Gasteiger partial charge in [-0.25, -0.2) is 13.6 Å². The molecule has 0 aromatic carbocycles. The van der Waals surface area contributed by atoms with Crippen LogP contribution in [0.4, 0.5) is 13.6 Å². The van der Waals surface area contributed by atoms with Crippen molar-refractivity contribution in [2.75, 3.05) is 0 Å². The third-order valence-corrected chi connectivity index (χ3v) is 2.85. The summed E-state index contributed by atoms with van der Waals surface area (Å²) in [6.45, 7) is 5.24. The molecule has 1 fully saturated rings. The first-order valence-electron chi connectivity index (χ1n) is 6.07. The zero-order valence-corrected chi connectivity index (χ0v) is 10.6. The molecule has 1 saturated carbocycles. The highest BCUT2D eigenvalue weighted by Crippen LogP contribution is 2.29. The van der Waals surface area contributed by atoms with Gasteiger partial charge in [0.25, 0.3) is 0 Å². The summed E-state index contributed by atoms with van der Waals surface area (Å²) in [6, 6.07) is -0.460. The van der Waals surface area contributed by atoms with Gasteiger partial charge in [-0.2, -0.15) is 0 Å². The maximum Gasteiger partial charge on any atom is 0.407 e. The Morgan fingerprint density at radius 1 is 1.29 bits per heavy atom. The average molecular weight is 249 g/mol. The molecule has 100 valence electrons. The maximum atomic E-state index is 12.8. The minimum Gasteiger partial charge on any atom is -0.444 e. The topological polar surface area (TPSA) is 38.3 Å². The highest BCUT2D eigenvalue weighted by molar-refractivity contribution is 5.68. The average Bonchev–Trinajstić information content (AvgIpc) is 2.14. The van der Waals surface area contributed by atoms with Crippen LogP contribution in [0.3, 0.4) is 0 Å². The molecule has 0 unspecified atom stereocenters. The van der Waals surface area contributed by atoms with Gasteiger partial charge in [-0.3, -0.25) is 0 Å². The van der Waals surface area contributed by atoms with Crippen LogP contribution in [0.2, 0.25) is 0 Å². The molecule has 0 heterocycles. The van der Waals surface area contributed by atoms with Crippen molar-refractivity contribution in [1.82, 2.24) is 5.32 Å². The van der Waals surface area contributed by atoms with Gasteiger partial charge in [0, 0.05) is 12.0 Å². The predicted octanol–water partition coefficient (Wildman–Crippen LogP) is 3.34. The Hall–Kier alpha value is -0.870. The number of hydrogen-bond donors (Lipinski definition) is 1. The van der Waals surface area contributed by atoms with Crippen molar-refractivity contribution in [3.63, 3.8) is 0 Å². The lowest BCUT2D eigenvalue weighted by atomic mass is 9.85. The molecular weight excluding hydrogens is 228 g/mol. The van der Waals surface area contributed by atoms with Crippen LogP contribution >= 0.6 is 0 Å². The Kier molecular flexibility index (Phi) is 4.71. The summed E-state index contributed by atoms with van der Waals surface area (Å²) < 4.78 is 30.6. The van der Waals surface area contributed by atoms with Crippen molar-refractivity contribution >= 4 is 6.09 Å². The van der Waals surface area contributed by atoms with Crippen LogP contribution in [0, 0.1) is 5.92 Å². The SMILES string of the molecule is CC(C)(C)OC(=O)N[C@H]1CCCC[C@@H]1C(F)F.